The molecule has 0 N–H and O–H groups in total. The largest absolute Gasteiger partial charge is 0.465 e. The molecule has 5 heteroatoms. The third kappa shape index (κ3) is 4.84. The highest BCUT2D eigenvalue weighted by atomic mass is 31.2. The highest BCUT2D eigenvalue weighted by molar-refractivity contribution is 7.63. The summed E-state index contributed by atoms with van der Waals surface area (Å²) in [6.07, 6.45) is 0.360. The smallest absolute Gasteiger partial charge is 0.337 e. The molecule has 1 rings (SSSR count). The van der Waals surface area contributed by atoms with Crippen molar-refractivity contribution in [2.75, 3.05) is 26.6 Å². The molecule has 0 amide bonds. The lowest BCUT2D eigenvalue weighted by Crippen LogP contribution is -2.08. The first-order chi connectivity index (χ1) is 8.31. The van der Waals surface area contributed by atoms with Crippen molar-refractivity contribution in [3.63, 3.8) is 0 Å². The van der Waals surface area contributed by atoms with Gasteiger partial charge in [0.15, 0.2) is 0 Å². The van der Waals surface area contributed by atoms with Crippen LogP contribution in [0.3, 0.4) is 0 Å². The van der Waals surface area contributed by atoms with Crippen LogP contribution in [-0.4, -0.2) is 38.4 Å². The molecule has 0 bridgehead atoms. The fraction of sp³-hybridized carbons (Fsp3) is 0.385. The lowest BCUT2D eigenvalue weighted by atomic mass is 10.1. The number of benzene rings is 1. The number of ketones is 1. The average molecular weight is 268 g/mol. The Kier molecular flexibility index (Phi) is 4.85. The van der Waals surface area contributed by atoms with Gasteiger partial charge in [-0.05, 0) is 31.0 Å². The number of hydrogen-bond acceptors (Lipinski definition) is 4. The number of esters is 1. The van der Waals surface area contributed by atoms with Gasteiger partial charge >= 0.3 is 5.97 Å². The fourth-order valence-electron chi connectivity index (χ4n) is 1.58. The summed E-state index contributed by atoms with van der Waals surface area (Å²) in [6, 6.07) is 6.65. The zero-order valence-corrected chi connectivity index (χ0v) is 11.7. The molecule has 0 atom stereocenters. The monoisotopic (exact) mass is 268 g/mol. The van der Waals surface area contributed by atoms with Gasteiger partial charge in [-0.15, -0.1) is 0 Å². The zero-order valence-electron chi connectivity index (χ0n) is 10.8. The second kappa shape index (κ2) is 5.96. The normalized spacial score (nSPS) is 11.1. The summed E-state index contributed by atoms with van der Waals surface area (Å²) in [6.45, 7) is 3.20. The van der Waals surface area contributed by atoms with Crippen LogP contribution in [0.4, 0.5) is 0 Å². The van der Waals surface area contributed by atoms with Gasteiger partial charge in [-0.1, -0.05) is 12.1 Å². The molecule has 0 aromatic heterocycles. The minimum Gasteiger partial charge on any atom is -0.465 e. The van der Waals surface area contributed by atoms with Gasteiger partial charge in [-0.25, -0.2) is 4.79 Å². The Morgan fingerprint density at radius 3 is 2.17 bits per heavy atom. The second-order valence-electron chi connectivity index (χ2n) is 4.64. The molecule has 98 valence electrons. The summed E-state index contributed by atoms with van der Waals surface area (Å²) in [5, 5.41) is 0. The molecule has 0 aliphatic carbocycles. The molecule has 0 unspecified atom stereocenters. The maximum absolute atomic E-state index is 11.6. The van der Waals surface area contributed by atoms with Crippen LogP contribution in [0, 0.1) is 0 Å². The number of Topliss-reactive ketones (excluding diaryl/α,β-unsaturated/α-hetero) is 1. The Balaban J connectivity index is 2.67. The van der Waals surface area contributed by atoms with Gasteiger partial charge in [-0.3, -0.25) is 4.79 Å². The highest BCUT2D eigenvalue weighted by Gasteiger charge is 2.14. The molecule has 0 heterocycles. The second-order valence-corrected chi connectivity index (χ2v) is 8.10. The average Bonchev–Trinajstić information content (AvgIpc) is 2.26. The van der Waals surface area contributed by atoms with Crippen molar-refractivity contribution in [1.82, 2.24) is 0 Å². The molecule has 0 radical (unpaired) electrons. The molecular weight excluding hydrogens is 251 g/mol. The molecule has 1 aromatic rings. The molecule has 1 aromatic carbocycles. The Morgan fingerprint density at radius 2 is 1.72 bits per heavy atom. The third-order valence-corrected chi connectivity index (χ3v) is 3.45. The molecule has 0 fully saturated rings. The maximum Gasteiger partial charge on any atom is 0.337 e. The van der Waals surface area contributed by atoms with E-state index >= 15 is 0 Å². The summed E-state index contributed by atoms with van der Waals surface area (Å²) >= 11 is 0. The Morgan fingerprint density at radius 1 is 1.17 bits per heavy atom. The van der Waals surface area contributed by atoms with Crippen LogP contribution in [-0.2, 0) is 20.5 Å². The van der Waals surface area contributed by atoms with E-state index in [1.165, 1.54) is 7.11 Å². The standard InChI is InChI=1S/C13H17O4P/c1-17-13(15)11-6-4-10(5-7-11)8-12(14)9-18(2,3)16/h4-7H,8-9H2,1-3H3. The summed E-state index contributed by atoms with van der Waals surface area (Å²) in [7, 11) is -0.993. The van der Waals surface area contributed by atoms with Gasteiger partial charge in [0.1, 0.15) is 5.78 Å². The molecule has 0 spiro atoms. The van der Waals surface area contributed by atoms with Crippen molar-refractivity contribution in [2.45, 2.75) is 6.42 Å². The number of hydrogen-bond donors (Lipinski definition) is 0. The number of ether oxygens (including phenoxy) is 1. The predicted molar refractivity (Wildman–Crippen MR) is 70.8 cm³/mol. The van der Waals surface area contributed by atoms with Crippen LogP contribution < -0.4 is 0 Å². The van der Waals surface area contributed by atoms with Gasteiger partial charge in [0, 0.05) is 6.42 Å². The van der Waals surface area contributed by atoms with E-state index in [9.17, 15) is 14.2 Å². The van der Waals surface area contributed by atoms with Crippen molar-refractivity contribution in [3.05, 3.63) is 35.4 Å². The van der Waals surface area contributed by atoms with Crippen LogP contribution in [0.15, 0.2) is 24.3 Å². The van der Waals surface area contributed by atoms with Crippen LogP contribution in [0.25, 0.3) is 0 Å². The van der Waals surface area contributed by atoms with E-state index in [4.69, 9.17) is 0 Å². The molecule has 0 saturated heterocycles. The molecule has 18 heavy (non-hydrogen) atoms. The van der Waals surface area contributed by atoms with E-state index in [1.54, 1.807) is 37.6 Å². The number of methoxy groups -OCH3 is 1. The summed E-state index contributed by atoms with van der Waals surface area (Å²) < 4.78 is 16.1. The maximum atomic E-state index is 11.6. The lowest BCUT2D eigenvalue weighted by Gasteiger charge is -2.06. The first-order valence-corrected chi connectivity index (χ1v) is 8.33. The number of rotatable bonds is 5. The Bertz CT molecular complexity index is 484. The summed E-state index contributed by atoms with van der Waals surface area (Å²) in [4.78, 5) is 22.8. The van der Waals surface area contributed by atoms with Gasteiger partial charge in [0.05, 0.1) is 26.0 Å². The van der Waals surface area contributed by atoms with E-state index in [-0.39, 0.29) is 18.4 Å². The first-order valence-electron chi connectivity index (χ1n) is 5.55. The first kappa shape index (κ1) is 14.7. The number of carbonyl (C=O) groups is 2. The summed E-state index contributed by atoms with van der Waals surface area (Å²) in [5.74, 6) is -0.450. The highest BCUT2D eigenvalue weighted by Crippen LogP contribution is 2.35. The van der Waals surface area contributed by atoms with Gasteiger partial charge < -0.3 is 9.30 Å². The third-order valence-electron chi connectivity index (χ3n) is 2.33. The fourth-order valence-corrected chi connectivity index (χ4v) is 2.55. The molecule has 4 nitrogen and oxygen atoms in total. The Hall–Kier alpha value is -1.41. The van der Waals surface area contributed by atoms with E-state index < -0.39 is 13.1 Å². The Labute approximate surface area is 107 Å². The van der Waals surface area contributed by atoms with Crippen molar-refractivity contribution >= 4 is 18.9 Å². The van der Waals surface area contributed by atoms with E-state index in [1.807, 2.05) is 0 Å². The van der Waals surface area contributed by atoms with E-state index in [0.29, 0.717) is 5.56 Å². The van der Waals surface area contributed by atoms with Gasteiger partial charge in [-0.2, -0.15) is 0 Å². The molecule has 0 saturated carbocycles. The number of carbonyl (C=O) groups excluding carboxylic acids is 2. The SMILES string of the molecule is COC(=O)c1ccc(CC(=O)CP(C)(C)=O)cc1. The van der Waals surface area contributed by atoms with Crippen LogP contribution in [0.2, 0.25) is 0 Å². The summed E-state index contributed by atoms with van der Waals surface area (Å²) in [5.41, 5.74) is 1.26. The van der Waals surface area contributed by atoms with Crippen molar-refractivity contribution < 1.29 is 18.9 Å². The molecular formula is C13H17O4P. The molecule has 0 aliphatic heterocycles. The van der Waals surface area contributed by atoms with Gasteiger partial charge in [0.2, 0.25) is 0 Å². The predicted octanol–water partition coefficient (Wildman–Crippen LogP) is 2.21. The topological polar surface area (TPSA) is 60.4 Å². The van der Waals surface area contributed by atoms with Crippen molar-refractivity contribution in [1.29, 1.82) is 0 Å². The lowest BCUT2D eigenvalue weighted by molar-refractivity contribution is -0.116. The van der Waals surface area contributed by atoms with Crippen LogP contribution in [0.1, 0.15) is 15.9 Å². The minimum atomic E-state index is -2.31. The van der Waals surface area contributed by atoms with Gasteiger partial charge in [0.25, 0.3) is 0 Å². The minimum absolute atomic E-state index is 0.0471. The quantitative estimate of drug-likeness (QED) is 0.606. The zero-order chi connectivity index (χ0) is 13.8. The van der Waals surface area contributed by atoms with Crippen molar-refractivity contribution in [2.24, 2.45) is 0 Å². The van der Waals surface area contributed by atoms with Crippen LogP contribution in [0.5, 0.6) is 0 Å². The van der Waals surface area contributed by atoms with E-state index in [0.717, 1.165) is 5.56 Å². The molecule has 0 aliphatic rings. The van der Waals surface area contributed by atoms with E-state index in [2.05, 4.69) is 4.74 Å². The van der Waals surface area contributed by atoms with Crippen LogP contribution >= 0.6 is 7.14 Å². The van der Waals surface area contributed by atoms with Crippen molar-refractivity contribution in [3.8, 4) is 0 Å².